The molecule has 0 N–H and O–H groups in total. The molecule has 26 heavy (non-hydrogen) atoms. The van der Waals surface area contributed by atoms with E-state index in [0.717, 1.165) is 58.4 Å². The predicted octanol–water partition coefficient (Wildman–Crippen LogP) is 3.23. The first-order valence-electron chi connectivity index (χ1n) is 10.3. The number of hydrogen-bond acceptors (Lipinski definition) is 3. The standard InChI is InChI=1S/C22H35N3O/c1-23(2)21-10-6-7-13-25(18-21)22(26)16-19-11-14-24(15-12-19)17-20-8-4-3-5-9-20/h3-5,8-9,19,21H,6-7,10-18H2,1-2H3/t21-/m0/s1. The molecule has 0 saturated carbocycles. The van der Waals surface area contributed by atoms with Crippen LogP contribution in [-0.4, -0.2) is 66.9 Å². The Morgan fingerprint density at radius 1 is 1.04 bits per heavy atom. The second-order valence-electron chi connectivity index (χ2n) is 8.36. The van der Waals surface area contributed by atoms with Gasteiger partial charge in [-0.15, -0.1) is 0 Å². The second kappa shape index (κ2) is 9.52. The molecule has 1 aromatic carbocycles. The number of piperidine rings is 1. The maximum absolute atomic E-state index is 12.9. The highest BCUT2D eigenvalue weighted by molar-refractivity contribution is 5.76. The van der Waals surface area contributed by atoms with Gasteiger partial charge in [-0.05, 0) is 64.3 Å². The van der Waals surface area contributed by atoms with Gasteiger partial charge in [-0.1, -0.05) is 36.8 Å². The lowest BCUT2D eigenvalue weighted by Crippen LogP contribution is -2.43. The number of amides is 1. The van der Waals surface area contributed by atoms with E-state index in [1.54, 1.807) is 0 Å². The predicted molar refractivity (Wildman–Crippen MR) is 107 cm³/mol. The third kappa shape index (κ3) is 5.55. The number of carbonyl (C=O) groups excluding carboxylic acids is 1. The van der Waals surface area contributed by atoms with E-state index in [-0.39, 0.29) is 0 Å². The van der Waals surface area contributed by atoms with Crippen LogP contribution in [0.1, 0.15) is 44.1 Å². The van der Waals surface area contributed by atoms with Crippen molar-refractivity contribution >= 4 is 5.91 Å². The molecule has 1 atom stereocenters. The van der Waals surface area contributed by atoms with Crippen molar-refractivity contribution in [2.45, 2.75) is 51.1 Å². The van der Waals surface area contributed by atoms with Crippen molar-refractivity contribution in [1.82, 2.24) is 14.7 Å². The van der Waals surface area contributed by atoms with Crippen LogP contribution in [0.15, 0.2) is 30.3 Å². The molecule has 0 radical (unpaired) electrons. The number of likely N-dealkylation sites (tertiary alicyclic amines) is 2. The van der Waals surface area contributed by atoms with Crippen LogP contribution in [0.3, 0.4) is 0 Å². The van der Waals surface area contributed by atoms with Gasteiger partial charge >= 0.3 is 0 Å². The van der Waals surface area contributed by atoms with E-state index < -0.39 is 0 Å². The number of likely N-dealkylation sites (N-methyl/N-ethyl adjacent to an activating group) is 1. The maximum atomic E-state index is 12.9. The van der Waals surface area contributed by atoms with Crippen LogP contribution in [-0.2, 0) is 11.3 Å². The summed E-state index contributed by atoms with van der Waals surface area (Å²) < 4.78 is 0. The molecule has 2 saturated heterocycles. The van der Waals surface area contributed by atoms with Gasteiger partial charge < -0.3 is 9.80 Å². The molecule has 1 aromatic rings. The molecule has 0 spiro atoms. The van der Waals surface area contributed by atoms with E-state index >= 15 is 0 Å². The minimum Gasteiger partial charge on any atom is -0.341 e. The third-order valence-corrected chi connectivity index (χ3v) is 6.15. The molecule has 4 nitrogen and oxygen atoms in total. The Kier molecular flexibility index (Phi) is 7.09. The van der Waals surface area contributed by atoms with Gasteiger partial charge in [0.25, 0.3) is 0 Å². The zero-order valence-electron chi connectivity index (χ0n) is 16.6. The van der Waals surface area contributed by atoms with Crippen LogP contribution in [0.25, 0.3) is 0 Å². The highest BCUT2D eigenvalue weighted by Gasteiger charge is 2.27. The first-order valence-corrected chi connectivity index (χ1v) is 10.3. The molecule has 1 amide bonds. The van der Waals surface area contributed by atoms with Gasteiger partial charge in [0.1, 0.15) is 0 Å². The molecule has 2 aliphatic heterocycles. The molecular weight excluding hydrogens is 322 g/mol. The topological polar surface area (TPSA) is 26.8 Å². The van der Waals surface area contributed by atoms with E-state index in [9.17, 15) is 4.79 Å². The fraction of sp³-hybridized carbons (Fsp3) is 0.682. The fourth-order valence-corrected chi connectivity index (χ4v) is 4.33. The lowest BCUT2D eigenvalue weighted by atomic mass is 9.92. The van der Waals surface area contributed by atoms with E-state index in [4.69, 9.17) is 0 Å². The van der Waals surface area contributed by atoms with Crippen molar-refractivity contribution < 1.29 is 4.79 Å². The third-order valence-electron chi connectivity index (χ3n) is 6.15. The van der Waals surface area contributed by atoms with Gasteiger partial charge in [-0.25, -0.2) is 0 Å². The van der Waals surface area contributed by atoms with E-state index in [0.29, 0.717) is 17.9 Å². The molecule has 144 valence electrons. The van der Waals surface area contributed by atoms with E-state index in [1.807, 2.05) is 0 Å². The number of carbonyl (C=O) groups is 1. The molecule has 0 aliphatic carbocycles. The summed E-state index contributed by atoms with van der Waals surface area (Å²) in [6.07, 6.45) is 6.68. The van der Waals surface area contributed by atoms with Gasteiger partial charge in [-0.2, -0.15) is 0 Å². The fourth-order valence-electron chi connectivity index (χ4n) is 4.33. The van der Waals surface area contributed by atoms with Gasteiger partial charge in [0.05, 0.1) is 0 Å². The number of benzene rings is 1. The minimum absolute atomic E-state index is 0.389. The second-order valence-corrected chi connectivity index (χ2v) is 8.36. The van der Waals surface area contributed by atoms with Crippen LogP contribution >= 0.6 is 0 Å². The molecule has 2 heterocycles. The van der Waals surface area contributed by atoms with Crippen molar-refractivity contribution in [1.29, 1.82) is 0 Å². The Morgan fingerprint density at radius 2 is 1.77 bits per heavy atom. The zero-order valence-corrected chi connectivity index (χ0v) is 16.6. The average Bonchev–Trinajstić information content (AvgIpc) is 2.91. The van der Waals surface area contributed by atoms with Crippen LogP contribution in [0.5, 0.6) is 0 Å². The lowest BCUT2D eigenvalue weighted by molar-refractivity contribution is -0.133. The van der Waals surface area contributed by atoms with Crippen molar-refractivity contribution in [2.75, 3.05) is 40.3 Å². The summed E-state index contributed by atoms with van der Waals surface area (Å²) in [4.78, 5) is 19.8. The van der Waals surface area contributed by atoms with Gasteiger partial charge in [0, 0.05) is 32.1 Å². The summed E-state index contributed by atoms with van der Waals surface area (Å²) in [6.45, 7) is 5.15. The molecular formula is C22H35N3O. The Labute approximate surface area is 159 Å². The Bertz CT molecular complexity index is 552. The Morgan fingerprint density at radius 3 is 2.46 bits per heavy atom. The number of hydrogen-bond donors (Lipinski definition) is 0. The van der Waals surface area contributed by atoms with Crippen molar-refractivity contribution in [3.63, 3.8) is 0 Å². The van der Waals surface area contributed by atoms with Crippen LogP contribution < -0.4 is 0 Å². The molecule has 3 rings (SSSR count). The van der Waals surface area contributed by atoms with Crippen molar-refractivity contribution in [3.8, 4) is 0 Å². The highest BCUT2D eigenvalue weighted by atomic mass is 16.2. The molecule has 0 aromatic heterocycles. The zero-order chi connectivity index (χ0) is 18.4. The molecule has 2 fully saturated rings. The van der Waals surface area contributed by atoms with Crippen LogP contribution in [0, 0.1) is 5.92 Å². The van der Waals surface area contributed by atoms with Gasteiger partial charge in [-0.3, -0.25) is 9.69 Å². The van der Waals surface area contributed by atoms with Gasteiger partial charge in [0.15, 0.2) is 0 Å². The summed E-state index contributed by atoms with van der Waals surface area (Å²) >= 11 is 0. The van der Waals surface area contributed by atoms with Crippen molar-refractivity contribution in [2.24, 2.45) is 5.92 Å². The summed E-state index contributed by atoms with van der Waals surface area (Å²) in [7, 11) is 4.28. The van der Waals surface area contributed by atoms with Gasteiger partial charge in [0.2, 0.25) is 5.91 Å². The van der Waals surface area contributed by atoms with Crippen molar-refractivity contribution in [3.05, 3.63) is 35.9 Å². The molecule has 4 heteroatoms. The molecule has 2 aliphatic rings. The number of nitrogens with zero attached hydrogens (tertiary/aromatic N) is 3. The normalized spacial score (nSPS) is 23.2. The smallest absolute Gasteiger partial charge is 0.222 e. The quantitative estimate of drug-likeness (QED) is 0.809. The molecule has 0 bridgehead atoms. The summed E-state index contributed by atoms with van der Waals surface area (Å²) in [5.41, 5.74) is 1.39. The summed E-state index contributed by atoms with van der Waals surface area (Å²) in [5, 5.41) is 0. The number of rotatable bonds is 5. The monoisotopic (exact) mass is 357 g/mol. The largest absolute Gasteiger partial charge is 0.341 e. The van der Waals surface area contributed by atoms with E-state index in [2.05, 4.69) is 59.1 Å². The van der Waals surface area contributed by atoms with E-state index in [1.165, 1.54) is 18.4 Å². The first-order chi connectivity index (χ1) is 12.6. The lowest BCUT2D eigenvalue weighted by Gasteiger charge is -2.33. The first kappa shape index (κ1) is 19.4. The summed E-state index contributed by atoms with van der Waals surface area (Å²) in [5.74, 6) is 0.954. The molecule has 0 unspecified atom stereocenters. The Hall–Kier alpha value is -1.39. The maximum Gasteiger partial charge on any atom is 0.222 e. The van der Waals surface area contributed by atoms with Crippen LogP contribution in [0.2, 0.25) is 0 Å². The summed E-state index contributed by atoms with van der Waals surface area (Å²) in [6, 6.07) is 11.2. The average molecular weight is 358 g/mol. The van der Waals surface area contributed by atoms with Crippen LogP contribution in [0.4, 0.5) is 0 Å². The minimum atomic E-state index is 0.389. The highest BCUT2D eigenvalue weighted by Crippen LogP contribution is 2.24. The Balaban J connectivity index is 1.44. The SMILES string of the molecule is CN(C)[C@H]1CCCCN(C(=O)CC2CCN(Cc3ccccc3)CC2)C1.